The highest BCUT2D eigenvalue weighted by Crippen LogP contribution is 2.13. The third kappa shape index (κ3) is 6.01. The van der Waals surface area contributed by atoms with Crippen LogP contribution >= 0.6 is 0 Å². The van der Waals surface area contributed by atoms with Gasteiger partial charge in [0.25, 0.3) is 0 Å². The van der Waals surface area contributed by atoms with Gasteiger partial charge in [0.05, 0.1) is 6.61 Å². The minimum Gasteiger partial charge on any atom is -0.494 e. The Morgan fingerprint density at radius 2 is 1.67 bits per heavy atom. The second-order valence-electron chi connectivity index (χ2n) is 5.26. The number of ether oxygens (including phenoxy) is 1. The van der Waals surface area contributed by atoms with E-state index >= 15 is 0 Å². The van der Waals surface area contributed by atoms with E-state index in [4.69, 9.17) is 4.74 Å². The molecule has 0 atom stereocenters. The molecule has 2 aromatic carbocycles. The van der Waals surface area contributed by atoms with Crippen molar-refractivity contribution in [1.82, 2.24) is 5.32 Å². The molecule has 0 aromatic heterocycles. The first-order valence-corrected chi connectivity index (χ1v) is 7.85. The van der Waals surface area contributed by atoms with E-state index < -0.39 is 0 Å². The van der Waals surface area contributed by atoms with E-state index in [1.54, 1.807) is 0 Å². The van der Waals surface area contributed by atoms with Crippen molar-refractivity contribution in [3.8, 4) is 5.75 Å². The quantitative estimate of drug-likeness (QED) is 0.696. The zero-order chi connectivity index (χ0) is 14.8. The van der Waals surface area contributed by atoms with Crippen molar-refractivity contribution in [3.05, 3.63) is 65.7 Å². The van der Waals surface area contributed by atoms with Crippen LogP contribution in [0.1, 0.15) is 30.9 Å². The fraction of sp³-hybridized carbons (Fsp3) is 0.368. The van der Waals surface area contributed by atoms with Crippen LogP contribution in [0, 0.1) is 0 Å². The van der Waals surface area contributed by atoms with Crippen LogP contribution in [0.4, 0.5) is 0 Å². The molecule has 0 aliphatic heterocycles. The standard InChI is InChI=1S/C19H25NO/c1-2-14-20-16-18-10-12-19(13-11-18)21-15-6-9-17-7-4-3-5-8-17/h3-5,7-8,10-13,20H,2,6,9,14-16H2,1H3. The van der Waals surface area contributed by atoms with Gasteiger partial charge in [-0.3, -0.25) is 0 Å². The predicted molar refractivity (Wildman–Crippen MR) is 88.7 cm³/mol. The summed E-state index contributed by atoms with van der Waals surface area (Å²) >= 11 is 0. The minimum atomic E-state index is 0.766. The van der Waals surface area contributed by atoms with Crippen molar-refractivity contribution in [2.45, 2.75) is 32.7 Å². The maximum atomic E-state index is 5.79. The molecule has 2 heteroatoms. The number of benzene rings is 2. The Labute approximate surface area is 128 Å². The van der Waals surface area contributed by atoms with Crippen LogP contribution in [0.5, 0.6) is 5.75 Å². The van der Waals surface area contributed by atoms with Crippen LogP contribution in [0.3, 0.4) is 0 Å². The van der Waals surface area contributed by atoms with Gasteiger partial charge in [-0.1, -0.05) is 49.4 Å². The summed E-state index contributed by atoms with van der Waals surface area (Å²) < 4.78 is 5.79. The topological polar surface area (TPSA) is 21.3 Å². The maximum Gasteiger partial charge on any atom is 0.119 e. The summed E-state index contributed by atoms with van der Waals surface area (Å²) in [6, 6.07) is 18.9. The summed E-state index contributed by atoms with van der Waals surface area (Å²) in [6.45, 7) is 4.95. The molecule has 0 unspecified atom stereocenters. The summed E-state index contributed by atoms with van der Waals surface area (Å²) in [4.78, 5) is 0. The molecular formula is C19H25NO. The molecule has 2 aromatic rings. The van der Waals surface area contributed by atoms with Crippen molar-refractivity contribution in [2.75, 3.05) is 13.2 Å². The number of hydrogen-bond donors (Lipinski definition) is 1. The minimum absolute atomic E-state index is 0.766. The van der Waals surface area contributed by atoms with Crippen LogP contribution in [-0.2, 0) is 13.0 Å². The lowest BCUT2D eigenvalue weighted by molar-refractivity contribution is 0.311. The van der Waals surface area contributed by atoms with Crippen molar-refractivity contribution in [3.63, 3.8) is 0 Å². The maximum absolute atomic E-state index is 5.79. The smallest absolute Gasteiger partial charge is 0.119 e. The normalized spacial score (nSPS) is 10.5. The SMILES string of the molecule is CCCNCc1ccc(OCCCc2ccccc2)cc1. The largest absolute Gasteiger partial charge is 0.494 e. The molecule has 0 spiro atoms. The lowest BCUT2D eigenvalue weighted by atomic mass is 10.1. The molecule has 0 bridgehead atoms. The summed E-state index contributed by atoms with van der Waals surface area (Å²) in [5.41, 5.74) is 2.68. The van der Waals surface area contributed by atoms with Gasteiger partial charge in [0, 0.05) is 6.54 Å². The molecule has 2 nitrogen and oxygen atoms in total. The van der Waals surface area contributed by atoms with E-state index in [-0.39, 0.29) is 0 Å². The molecule has 0 aliphatic rings. The monoisotopic (exact) mass is 283 g/mol. The number of hydrogen-bond acceptors (Lipinski definition) is 2. The average Bonchev–Trinajstić information content (AvgIpc) is 2.54. The summed E-state index contributed by atoms with van der Waals surface area (Å²) in [7, 11) is 0. The van der Waals surface area contributed by atoms with Crippen molar-refractivity contribution >= 4 is 0 Å². The van der Waals surface area contributed by atoms with Crippen molar-refractivity contribution in [2.24, 2.45) is 0 Å². The Kier molecular flexibility index (Phi) is 6.82. The van der Waals surface area contributed by atoms with E-state index in [1.807, 2.05) is 0 Å². The number of rotatable bonds is 9. The van der Waals surface area contributed by atoms with Gasteiger partial charge in [0.2, 0.25) is 0 Å². The zero-order valence-electron chi connectivity index (χ0n) is 12.8. The summed E-state index contributed by atoms with van der Waals surface area (Å²) in [6.07, 6.45) is 3.28. The molecule has 0 saturated heterocycles. The first kappa shape index (κ1) is 15.6. The Morgan fingerprint density at radius 3 is 2.38 bits per heavy atom. The molecule has 0 heterocycles. The lowest BCUT2D eigenvalue weighted by Crippen LogP contribution is -2.13. The molecule has 0 saturated carbocycles. The van der Waals surface area contributed by atoms with E-state index in [1.165, 1.54) is 17.5 Å². The zero-order valence-corrected chi connectivity index (χ0v) is 12.8. The molecule has 0 radical (unpaired) electrons. The molecule has 1 N–H and O–H groups in total. The Morgan fingerprint density at radius 1 is 0.905 bits per heavy atom. The molecule has 0 aliphatic carbocycles. The van der Waals surface area contributed by atoms with Gasteiger partial charge in [-0.15, -0.1) is 0 Å². The fourth-order valence-electron chi connectivity index (χ4n) is 2.22. The second-order valence-corrected chi connectivity index (χ2v) is 5.26. The molecule has 112 valence electrons. The number of aryl methyl sites for hydroxylation is 1. The molecule has 0 fully saturated rings. The molecular weight excluding hydrogens is 258 g/mol. The first-order chi connectivity index (χ1) is 10.4. The third-order valence-corrected chi connectivity index (χ3v) is 3.40. The molecule has 21 heavy (non-hydrogen) atoms. The Balaban J connectivity index is 1.66. The van der Waals surface area contributed by atoms with E-state index in [0.29, 0.717) is 0 Å². The van der Waals surface area contributed by atoms with Gasteiger partial charge in [-0.05, 0) is 49.1 Å². The fourth-order valence-corrected chi connectivity index (χ4v) is 2.22. The van der Waals surface area contributed by atoms with Crippen LogP contribution in [-0.4, -0.2) is 13.2 Å². The second kappa shape index (κ2) is 9.19. The highest BCUT2D eigenvalue weighted by Gasteiger charge is 1.97. The Hall–Kier alpha value is -1.80. The van der Waals surface area contributed by atoms with Crippen molar-refractivity contribution < 1.29 is 4.74 Å². The molecule has 2 rings (SSSR count). The van der Waals surface area contributed by atoms with Crippen molar-refractivity contribution in [1.29, 1.82) is 0 Å². The van der Waals surface area contributed by atoms with Gasteiger partial charge in [0.1, 0.15) is 5.75 Å². The predicted octanol–water partition coefficient (Wildman–Crippen LogP) is 4.20. The van der Waals surface area contributed by atoms with E-state index in [0.717, 1.165) is 38.3 Å². The highest BCUT2D eigenvalue weighted by atomic mass is 16.5. The van der Waals surface area contributed by atoms with Gasteiger partial charge >= 0.3 is 0 Å². The summed E-state index contributed by atoms with van der Waals surface area (Å²) in [5, 5.41) is 3.40. The van der Waals surface area contributed by atoms with Crippen LogP contribution in [0.2, 0.25) is 0 Å². The van der Waals surface area contributed by atoms with Crippen LogP contribution in [0.15, 0.2) is 54.6 Å². The summed E-state index contributed by atoms with van der Waals surface area (Å²) in [5.74, 6) is 0.960. The van der Waals surface area contributed by atoms with Gasteiger partial charge in [-0.25, -0.2) is 0 Å². The average molecular weight is 283 g/mol. The van der Waals surface area contributed by atoms with Crippen LogP contribution < -0.4 is 10.1 Å². The van der Waals surface area contributed by atoms with Gasteiger partial charge in [-0.2, -0.15) is 0 Å². The van der Waals surface area contributed by atoms with Crippen LogP contribution in [0.25, 0.3) is 0 Å². The van der Waals surface area contributed by atoms with E-state index in [9.17, 15) is 0 Å². The molecule has 0 amide bonds. The van der Waals surface area contributed by atoms with Gasteiger partial charge in [0.15, 0.2) is 0 Å². The number of nitrogens with one attached hydrogen (secondary N) is 1. The van der Waals surface area contributed by atoms with E-state index in [2.05, 4.69) is 66.8 Å². The third-order valence-electron chi connectivity index (χ3n) is 3.40. The Bertz CT molecular complexity index is 493. The highest BCUT2D eigenvalue weighted by molar-refractivity contribution is 5.27. The first-order valence-electron chi connectivity index (χ1n) is 7.85. The van der Waals surface area contributed by atoms with Gasteiger partial charge < -0.3 is 10.1 Å². The lowest BCUT2D eigenvalue weighted by Gasteiger charge is -2.08.